The van der Waals surface area contributed by atoms with E-state index < -0.39 is 0 Å². The summed E-state index contributed by atoms with van der Waals surface area (Å²) < 4.78 is 1.92. The zero-order chi connectivity index (χ0) is 20.2. The molecule has 0 aliphatic carbocycles. The highest BCUT2D eigenvalue weighted by Crippen LogP contribution is 2.26. The summed E-state index contributed by atoms with van der Waals surface area (Å²) in [6.45, 7) is 0. The maximum atomic E-state index is 12.8. The van der Waals surface area contributed by atoms with E-state index in [9.17, 15) is 4.79 Å². The maximum Gasteiger partial charge on any atom is 0.226 e. The molecule has 2 aromatic heterocycles. The van der Waals surface area contributed by atoms with E-state index in [1.54, 1.807) is 6.20 Å². The first-order valence-electron chi connectivity index (χ1n) is 9.12. The Hall–Kier alpha value is -2.96. The number of hydrogen-bond acceptors (Lipinski definition) is 4. The summed E-state index contributed by atoms with van der Waals surface area (Å²) >= 11 is 7.46. The van der Waals surface area contributed by atoms with Gasteiger partial charge in [0.05, 0.1) is 12.1 Å². The van der Waals surface area contributed by atoms with E-state index in [0.717, 1.165) is 27.7 Å². The molecule has 1 amide bonds. The quantitative estimate of drug-likeness (QED) is 0.492. The number of nitrogens with one attached hydrogen (secondary N) is 1. The second kappa shape index (κ2) is 8.59. The van der Waals surface area contributed by atoms with Crippen molar-refractivity contribution in [2.75, 3.05) is 0 Å². The molecule has 0 radical (unpaired) electrons. The highest BCUT2D eigenvalue weighted by atomic mass is 35.5. The van der Waals surface area contributed by atoms with Crippen molar-refractivity contribution in [2.45, 2.75) is 12.5 Å². The second-order valence-electron chi connectivity index (χ2n) is 6.64. The molecular formula is C22H19ClN4OS. The molecule has 4 rings (SSSR count). The average molecular weight is 423 g/mol. The lowest BCUT2D eigenvalue weighted by atomic mass is 10.1. The molecule has 7 heteroatoms. The van der Waals surface area contributed by atoms with E-state index >= 15 is 0 Å². The van der Waals surface area contributed by atoms with E-state index in [0.29, 0.717) is 5.02 Å². The summed E-state index contributed by atoms with van der Waals surface area (Å²) in [5.41, 5.74) is 2.71. The van der Waals surface area contributed by atoms with Gasteiger partial charge in [0.25, 0.3) is 0 Å². The van der Waals surface area contributed by atoms with Crippen LogP contribution in [0.1, 0.15) is 23.1 Å². The number of benzene rings is 2. The molecule has 0 aliphatic rings. The Balaban J connectivity index is 1.50. The van der Waals surface area contributed by atoms with Gasteiger partial charge in [-0.15, -0.1) is 11.3 Å². The number of hydrogen-bond donors (Lipinski definition) is 1. The Kier molecular flexibility index (Phi) is 5.74. The van der Waals surface area contributed by atoms with Crippen LogP contribution < -0.4 is 5.32 Å². The van der Waals surface area contributed by atoms with Crippen molar-refractivity contribution in [3.05, 3.63) is 94.5 Å². The number of imidazole rings is 1. The van der Waals surface area contributed by atoms with Gasteiger partial charge in [-0.1, -0.05) is 54.1 Å². The zero-order valence-electron chi connectivity index (χ0n) is 15.7. The Bertz CT molecular complexity index is 1110. The van der Waals surface area contributed by atoms with Gasteiger partial charge < -0.3 is 9.88 Å². The van der Waals surface area contributed by atoms with Crippen LogP contribution in [0.5, 0.6) is 0 Å². The minimum atomic E-state index is -0.321. The largest absolute Gasteiger partial charge is 0.342 e. The highest BCUT2D eigenvalue weighted by molar-refractivity contribution is 7.13. The van der Waals surface area contributed by atoms with Gasteiger partial charge in [-0.2, -0.15) is 0 Å². The minimum Gasteiger partial charge on any atom is -0.342 e. The van der Waals surface area contributed by atoms with Crippen molar-refractivity contribution in [1.82, 2.24) is 19.9 Å². The van der Waals surface area contributed by atoms with Gasteiger partial charge in [0, 0.05) is 35.4 Å². The number of aromatic nitrogens is 3. The third kappa shape index (κ3) is 4.55. The summed E-state index contributed by atoms with van der Waals surface area (Å²) in [6, 6.07) is 17.0. The van der Waals surface area contributed by atoms with Gasteiger partial charge in [0.2, 0.25) is 5.91 Å². The number of thiazole rings is 1. The molecule has 2 aromatic carbocycles. The number of halogens is 1. The first kappa shape index (κ1) is 19.4. The van der Waals surface area contributed by atoms with Gasteiger partial charge in [0.1, 0.15) is 16.9 Å². The van der Waals surface area contributed by atoms with E-state index in [1.165, 1.54) is 11.3 Å². The van der Waals surface area contributed by atoms with E-state index in [-0.39, 0.29) is 18.4 Å². The van der Waals surface area contributed by atoms with Gasteiger partial charge >= 0.3 is 0 Å². The van der Waals surface area contributed by atoms with Crippen molar-refractivity contribution in [3.8, 4) is 10.6 Å². The van der Waals surface area contributed by atoms with E-state index in [4.69, 9.17) is 11.6 Å². The van der Waals surface area contributed by atoms with Crippen molar-refractivity contribution < 1.29 is 4.79 Å². The number of nitrogens with zero attached hydrogens (tertiary/aromatic N) is 3. The summed E-state index contributed by atoms with van der Waals surface area (Å²) in [5, 5.41) is 6.58. The normalized spacial score (nSPS) is 11.9. The van der Waals surface area contributed by atoms with Crippen LogP contribution in [0.2, 0.25) is 5.02 Å². The minimum absolute atomic E-state index is 0.102. The van der Waals surface area contributed by atoms with Crippen LogP contribution in [0.15, 0.2) is 72.4 Å². The second-order valence-corrected chi connectivity index (χ2v) is 7.93. The molecule has 0 saturated heterocycles. The van der Waals surface area contributed by atoms with E-state index in [2.05, 4.69) is 15.3 Å². The van der Waals surface area contributed by atoms with Crippen molar-refractivity contribution in [3.63, 3.8) is 0 Å². The molecule has 0 saturated carbocycles. The first-order valence-corrected chi connectivity index (χ1v) is 10.4. The molecule has 2 heterocycles. The van der Waals surface area contributed by atoms with Crippen LogP contribution in [0, 0.1) is 0 Å². The van der Waals surface area contributed by atoms with Crippen LogP contribution in [-0.2, 0) is 18.3 Å². The van der Waals surface area contributed by atoms with Crippen LogP contribution >= 0.6 is 22.9 Å². The molecule has 0 aliphatic heterocycles. The SMILES string of the molecule is Cn1ccnc1C(NC(=O)Cc1csc(-c2ccc(Cl)cc2)n1)c1ccccc1. The Morgan fingerprint density at radius 3 is 2.62 bits per heavy atom. The molecule has 0 fully saturated rings. The lowest BCUT2D eigenvalue weighted by Crippen LogP contribution is -2.32. The average Bonchev–Trinajstić information content (AvgIpc) is 3.36. The topological polar surface area (TPSA) is 59.8 Å². The third-order valence-corrected chi connectivity index (χ3v) is 5.73. The molecule has 1 unspecified atom stereocenters. The summed E-state index contributed by atoms with van der Waals surface area (Å²) in [5.74, 6) is 0.680. The number of amides is 1. The molecule has 4 aromatic rings. The summed E-state index contributed by atoms with van der Waals surface area (Å²) in [4.78, 5) is 21.8. The van der Waals surface area contributed by atoms with Crippen LogP contribution in [0.25, 0.3) is 10.6 Å². The van der Waals surface area contributed by atoms with Crippen molar-refractivity contribution in [2.24, 2.45) is 7.05 Å². The van der Waals surface area contributed by atoms with Crippen LogP contribution in [0.3, 0.4) is 0 Å². The molecule has 0 spiro atoms. The number of carbonyl (C=O) groups is 1. The number of aryl methyl sites for hydroxylation is 1. The Morgan fingerprint density at radius 1 is 1.17 bits per heavy atom. The predicted molar refractivity (Wildman–Crippen MR) is 116 cm³/mol. The lowest BCUT2D eigenvalue weighted by Gasteiger charge is -2.19. The smallest absolute Gasteiger partial charge is 0.226 e. The molecule has 1 N–H and O–H groups in total. The van der Waals surface area contributed by atoms with Gasteiger partial charge in [-0.05, 0) is 17.7 Å². The molecule has 146 valence electrons. The molecular weight excluding hydrogens is 404 g/mol. The Morgan fingerprint density at radius 2 is 1.93 bits per heavy atom. The fourth-order valence-electron chi connectivity index (χ4n) is 3.09. The summed E-state index contributed by atoms with van der Waals surface area (Å²) in [7, 11) is 1.92. The van der Waals surface area contributed by atoms with E-state index in [1.807, 2.05) is 77.8 Å². The molecule has 5 nitrogen and oxygen atoms in total. The van der Waals surface area contributed by atoms with Crippen LogP contribution in [-0.4, -0.2) is 20.4 Å². The standard InChI is InChI=1S/C22H19ClN4OS/c1-27-12-11-24-21(27)20(15-5-3-2-4-6-15)26-19(28)13-18-14-29-22(25-18)16-7-9-17(23)10-8-16/h2-12,14,20H,13H2,1H3,(H,26,28). The number of rotatable bonds is 6. The first-order chi connectivity index (χ1) is 14.1. The molecule has 29 heavy (non-hydrogen) atoms. The van der Waals surface area contributed by atoms with Gasteiger partial charge in [-0.25, -0.2) is 9.97 Å². The monoisotopic (exact) mass is 422 g/mol. The van der Waals surface area contributed by atoms with Crippen molar-refractivity contribution >= 4 is 28.8 Å². The van der Waals surface area contributed by atoms with Gasteiger partial charge in [0.15, 0.2) is 0 Å². The Labute approximate surface area is 178 Å². The predicted octanol–water partition coefficient (Wildman–Crippen LogP) is 4.65. The third-order valence-electron chi connectivity index (χ3n) is 4.54. The molecule has 1 atom stereocenters. The zero-order valence-corrected chi connectivity index (χ0v) is 17.3. The highest BCUT2D eigenvalue weighted by Gasteiger charge is 2.21. The fraction of sp³-hybridized carbons (Fsp3) is 0.136. The maximum absolute atomic E-state index is 12.8. The number of carbonyl (C=O) groups excluding carboxylic acids is 1. The molecule has 0 bridgehead atoms. The van der Waals surface area contributed by atoms with Gasteiger partial charge in [-0.3, -0.25) is 4.79 Å². The fourth-order valence-corrected chi connectivity index (χ4v) is 4.04. The summed E-state index contributed by atoms with van der Waals surface area (Å²) in [6.07, 6.45) is 3.81. The van der Waals surface area contributed by atoms with Crippen molar-refractivity contribution in [1.29, 1.82) is 0 Å². The lowest BCUT2D eigenvalue weighted by molar-refractivity contribution is -0.121. The van der Waals surface area contributed by atoms with Crippen LogP contribution in [0.4, 0.5) is 0 Å².